The van der Waals surface area contributed by atoms with Gasteiger partial charge < -0.3 is 9.88 Å². The molecule has 0 aromatic heterocycles. The molecule has 0 amide bonds. The first-order valence-electron chi connectivity index (χ1n) is 9.60. The van der Waals surface area contributed by atoms with E-state index in [-0.39, 0.29) is 5.69 Å². The Kier molecular flexibility index (Phi) is 4.98. The van der Waals surface area contributed by atoms with Gasteiger partial charge in [-0.1, -0.05) is 29.8 Å². The molecule has 29 heavy (non-hydrogen) atoms. The van der Waals surface area contributed by atoms with Gasteiger partial charge >= 0.3 is 5.69 Å². The SMILES string of the molecule is Cc1ccc(CNCCn2c3nc(=O)[nH]c(=O)c-3nc3cc(C)c(C)cc32)cc1. The Balaban J connectivity index is 1.70. The third-order valence-electron chi connectivity index (χ3n) is 5.19. The summed E-state index contributed by atoms with van der Waals surface area (Å²) in [6, 6.07) is 12.4. The number of rotatable bonds is 5. The molecular weight excluding hydrogens is 366 g/mol. The predicted molar refractivity (Wildman–Crippen MR) is 113 cm³/mol. The zero-order chi connectivity index (χ0) is 20.5. The van der Waals surface area contributed by atoms with Gasteiger partial charge in [0.2, 0.25) is 0 Å². The number of benzene rings is 2. The van der Waals surface area contributed by atoms with Gasteiger partial charge in [-0.2, -0.15) is 4.98 Å². The first-order valence-corrected chi connectivity index (χ1v) is 9.60. The van der Waals surface area contributed by atoms with Crippen molar-refractivity contribution in [3.05, 3.63) is 79.5 Å². The molecule has 0 fully saturated rings. The van der Waals surface area contributed by atoms with Crippen molar-refractivity contribution in [1.29, 1.82) is 0 Å². The Morgan fingerprint density at radius 3 is 2.48 bits per heavy atom. The van der Waals surface area contributed by atoms with Crippen LogP contribution in [0.4, 0.5) is 0 Å². The lowest BCUT2D eigenvalue weighted by molar-refractivity contribution is 0.603. The molecule has 0 atom stereocenters. The lowest BCUT2D eigenvalue weighted by Crippen LogP contribution is -2.30. The maximum absolute atomic E-state index is 12.3. The van der Waals surface area contributed by atoms with Crippen LogP contribution in [0.15, 0.2) is 46.0 Å². The summed E-state index contributed by atoms with van der Waals surface area (Å²) >= 11 is 0. The number of aromatic amines is 1. The lowest BCUT2D eigenvalue weighted by Gasteiger charge is -2.18. The number of aryl methyl sites for hydroxylation is 3. The number of aromatic nitrogens is 4. The van der Waals surface area contributed by atoms with E-state index in [2.05, 4.69) is 51.5 Å². The molecule has 0 unspecified atom stereocenters. The third kappa shape index (κ3) is 3.82. The molecule has 0 spiro atoms. The minimum absolute atomic E-state index is 0.180. The van der Waals surface area contributed by atoms with E-state index >= 15 is 0 Å². The summed E-state index contributed by atoms with van der Waals surface area (Å²) in [5, 5.41) is 3.42. The van der Waals surface area contributed by atoms with Crippen LogP contribution in [-0.4, -0.2) is 26.1 Å². The van der Waals surface area contributed by atoms with Crippen LogP contribution < -0.4 is 16.6 Å². The van der Waals surface area contributed by atoms with E-state index in [1.54, 1.807) is 0 Å². The molecule has 0 radical (unpaired) electrons. The number of H-pyrrole nitrogens is 1. The van der Waals surface area contributed by atoms with Crippen molar-refractivity contribution >= 4 is 11.0 Å². The summed E-state index contributed by atoms with van der Waals surface area (Å²) in [6.07, 6.45) is 0. The smallest absolute Gasteiger partial charge is 0.321 e. The molecule has 2 aromatic rings. The Morgan fingerprint density at radius 1 is 1.00 bits per heavy atom. The fourth-order valence-corrected chi connectivity index (χ4v) is 3.41. The van der Waals surface area contributed by atoms with E-state index in [9.17, 15) is 9.59 Å². The standard InChI is InChI=1S/C22H23N5O2/c1-13-4-6-16(7-5-13)12-23-8-9-27-18-11-15(3)14(2)10-17(18)24-19-20(27)25-22(29)26-21(19)28/h4-7,10-11,23H,8-9,12H2,1-3H3,(H,26,28,29). The summed E-state index contributed by atoms with van der Waals surface area (Å²) in [7, 11) is 0. The molecule has 2 aromatic carbocycles. The summed E-state index contributed by atoms with van der Waals surface area (Å²) in [5.41, 5.74) is 5.22. The maximum atomic E-state index is 12.3. The fourth-order valence-electron chi connectivity index (χ4n) is 3.41. The molecule has 0 bridgehead atoms. The second-order valence-corrected chi connectivity index (χ2v) is 7.39. The molecule has 2 heterocycles. The first kappa shape index (κ1) is 19.0. The Hall–Kier alpha value is -3.32. The molecule has 7 nitrogen and oxygen atoms in total. The topological polar surface area (TPSA) is 92.7 Å². The van der Waals surface area contributed by atoms with E-state index in [0.717, 1.165) is 23.2 Å². The highest BCUT2D eigenvalue weighted by atomic mass is 16.2. The Labute approximate surface area is 167 Å². The molecule has 0 saturated heterocycles. The van der Waals surface area contributed by atoms with Crippen LogP contribution in [0.1, 0.15) is 22.3 Å². The Morgan fingerprint density at radius 2 is 1.72 bits per heavy atom. The van der Waals surface area contributed by atoms with Gasteiger partial charge in [0.05, 0.1) is 11.0 Å². The van der Waals surface area contributed by atoms with Crippen LogP contribution in [0.2, 0.25) is 0 Å². The van der Waals surface area contributed by atoms with E-state index in [0.29, 0.717) is 24.4 Å². The number of nitrogens with one attached hydrogen (secondary N) is 2. The molecule has 148 valence electrons. The highest BCUT2D eigenvalue weighted by Crippen LogP contribution is 2.23. The quantitative estimate of drug-likeness (QED) is 0.404. The van der Waals surface area contributed by atoms with Crippen molar-refractivity contribution in [3.63, 3.8) is 0 Å². The fraction of sp³-hybridized carbons (Fsp3) is 0.273. The average Bonchev–Trinajstić information content (AvgIpc) is 2.68. The highest BCUT2D eigenvalue weighted by molar-refractivity contribution is 5.81. The summed E-state index contributed by atoms with van der Waals surface area (Å²) in [6.45, 7) is 8.06. The van der Waals surface area contributed by atoms with Gasteiger partial charge in [0, 0.05) is 19.6 Å². The summed E-state index contributed by atoms with van der Waals surface area (Å²) in [4.78, 5) is 34.9. The van der Waals surface area contributed by atoms with Crippen molar-refractivity contribution in [3.8, 4) is 11.5 Å². The Bertz CT molecular complexity index is 1270. The number of hydrogen-bond acceptors (Lipinski definition) is 5. The second-order valence-electron chi connectivity index (χ2n) is 7.39. The largest absolute Gasteiger partial charge is 0.349 e. The average molecular weight is 389 g/mol. The van der Waals surface area contributed by atoms with Crippen LogP contribution in [-0.2, 0) is 13.1 Å². The molecule has 0 aliphatic carbocycles. The van der Waals surface area contributed by atoms with Crippen LogP contribution in [0.25, 0.3) is 22.6 Å². The second kappa shape index (κ2) is 7.60. The zero-order valence-electron chi connectivity index (χ0n) is 16.7. The van der Waals surface area contributed by atoms with E-state index in [4.69, 9.17) is 0 Å². The van der Waals surface area contributed by atoms with Gasteiger partial charge in [-0.3, -0.25) is 9.78 Å². The monoisotopic (exact) mass is 389 g/mol. The van der Waals surface area contributed by atoms with Gasteiger partial charge in [-0.25, -0.2) is 9.78 Å². The van der Waals surface area contributed by atoms with E-state index < -0.39 is 11.2 Å². The number of hydrogen-bond donors (Lipinski definition) is 2. The minimum atomic E-state index is -0.658. The van der Waals surface area contributed by atoms with Crippen LogP contribution in [0.5, 0.6) is 0 Å². The minimum Gasteiger partial charge on any atom is -0.321 e. The van der Waals surface area contributed by atoms with Gasteiger partial charge in [0.25, 0.3) is 5.56 Å². The number of fused-ring (bicyclic) bond motifs is 2. The molecule has 4 rings (SSSR count). The van der Waals surface area contributed by atoms with Gasteiger partial charge in [-0.05, 0) is 49.6 Å². The van der Waals surface area contributed by atoms with Crippen molar-refractivity contribution < 1.29 is 0 Å². The predicted octanol–water partition coefficient (Wildman–Crippen LogP) is 2.30. The summed E-state index contributed by atoms with van der Waals surface area (Å²) < 4.78 is 1.91. The first-order chi connectivity index (χ1) is 13.9. The molecule has 2 aliphatic rings. The van der Waals surface area contributed by atoms with E-state index in [1.165, 1.54) is 11.1 Å². The maximum Gasteiger partial charge on any atom is 0.349 e. The molecule has 2 N–H and O–H groups in total. The normalized spacial score (nSPS) is 11.4. The lowest BCUT2D eigenvalue weighted by atomic mass is 10.1. The molecule has 7 heteroatoms. The van der Waals surface area contributed by atoms with Gasteiger partial charge in [0.15, 0.2) is 11.5 Å². The van der Waals surface area contributed by atoms with Crippen molar-refractivity contribution in [1.82, 2.24) is 24.8 Å². The molecular formula is C22H23N5O2. The third-order valence-corrected chi connectivity index (χ3v) is 5.19. The number of nitrogens with zero attached hydrogens (tertiary/aromatic N) is 3. The molecule has 0 saturated carbocycles. The summed E-state index contributed by atoms with van der Waals surface area (Å²) in [5.74, 6) is 0.312. The van der Waals surface area contributed by atoms with Crippen LogP contribution >= 0.6 is 0 Å². The van der Waals surface area contributed by atoms with Crippen LogP contribution in [0, 0.1) is 20.8 Å². The van der Waals surface area contributed by atoms with Gasteiger partial charge in [0.1, 0.15) is 0 Å². The molecule has 2 aliphatic heterocycles. The van der Waals surface area contributed by atoms with Crippen molar-refractivity contribution in [2.45, 2.75) is 33.9 Å². The van der Waals surface area contributed by atoms with Gasteiger partial charge in [-0.15, -0.1) is 0 Å². The zero-order valence-corrected chi connectivity index (χ0v) is 16.7. The highest BCUT2D eigenvalue weighted by Gasteiger charge is 2.18. The van der Waals surface area contributed by atoms with Crippen molar-refractivity contribution in [2.24, 2.45) is 0 Å². The van der Waals surface area contributed by atoms with Crippen molar-refractivity contribution in [2.75, 3.05) is 6.54 Å². The van der Waals surface area contributed by atoms with Crippen LogP contribution in [0.3, 0.4) is 0 Å². The van der Waals surface area contributed by atoms with E-state index in [1.807, 2.05) is 30.5 Å².